The molecule has 0 aromatic heterocycles. The predicted molar refractivity (Wildman–Crippen MR) is 62.5 cm³/mol. The Morgan fingerprint density at radius 1 is 1.45 bits per heavy atom. The molecule has 11 heavy (non-hydrogen) atoms. The molecule has 1 atom stereocenters. The van der Waals surface area contributed by atoms with Crippen molar-refractivity contribution in [3.63, 3.8) is 0 Å². The zero-order valence-corrected chi connectivity index (χ0v) is 9.82. The van der Waals surface area contributed by atoms with E-state index in [2.05, 4.69) is 31.6 Å². The molecule has 0 fully saturated rings. The summed E-state index contributed by atoms with van der Waals surface area (Å²) in [6.45, 7) is 4.51. The lowest BCUT2D eigenvalue weighted by Crippen LogP contribution is -1.88. The van der Waals surface area contributed by atoms with Crippen molar-refractivity contribution in [2.75, 3.05) is 12.0 Å². The van der Waals surface area contributed by atoms with Crippen LogP contribution in [0.2, 0.25) is 0 Å². The molecule has 0 saturated heterocycles. The molecule has 3 heteroatoms. The maximum Gasteiger partial charge on any atom is 0.0225 e. The van der Waals surface area contributed by atoms with E-state index in [1.54, 1.807) is 11.8 Å². The van der Waals surface area contributed by atoms with Gasteiger partial charge >= 0.3 is 0 Å². The van der Waals surface area contributed by atoms with Crippen molar-refractivity contribution in [1.29, 1.82) is 0 Å². The molecule has 0 aromatic carbocycles. The molecule has 0 aliphatic carbocycles. The van der Waals surface area contributed by atoms with Gasteiger partial charge in [0.2, 0.25) is 0 Å². The number of hydrogen-bond donors (Lipinski definition) is 0. The van der Waals surface area contributed by atoms with E-state index in [4.69, 9.17) is 0 Å². The maximum atomic E-state index is 2.27. The first kappa shape index (κ1) is 11.8. The molecule has 0 N–H and O–H groups in total. The van der Waals surface area contributed by atoms with E-state index >= 15 is 0 Å². The predicted octanol–water partition coefficient (Wildman–Crippen LogP) is 4.04. The molecular weight excluding hydrogens is 192 g/mol. The van der Waals surface area contributed by atoms with Crippen molar-refractivity contribution in [1.82, 2.24) is 0 Å². The second-order valence-corrected chi connectivity index (χ2v) is 5.80. The topological polar surface area (TPSA) is 0 Å². The summed E-state index contributed by atoms with van der Waals surface area (Å²) in [7, 11) is 3.93. The van der Waals surface area contributed by atoms with Gasteiger partial charge in [0.05, 0.1) is 0 Å². The lowest BCUT2D eigenvalue weighted by atomic mass is 10.4. The third kappa shape index (κ3) is 8.70. The van der Waals surface area contributed by atoms with Crippen LogP contribution in [-0.4, -0.2) is 17.3 Å². The summed E-state index contributed by atoms with van der Waals surface area (Å²) < 4.78 is 0. The minimum Gasteiger partial charge on any atom is -0.138 e. The molecule has 0 amide bonds. The summed E-state index contributed by atoms with van der Waals surface area (Å²) in [6, 6.07) is 0. The van der Waals surface area contributed by atoms with Gasteiger partial charge in [0.25, 0.3) is 0 Å². The van der Waals surface area contributed by atoms with Gasteiger partial charge < -0.3 is 0 Å². The van der Waals surface area contributed by atoms with Crippen molar-refractivity contribution in [3.05, 3.63) is 11.5 Å². The highest BCUT2D eigenvalue weighted by atomic mass is 33.1. The number of hydrogen-bond acceptors (Lipinski definition) is 3. The van der Waals surface area contributed by atoms with Gasteiger partial charge in [-0.25, -0.2) is 0 Å². The largest absolute Gasteiger partial charge is 0.138 e. The van der Waals surface area contributed by atoms with Gasteiger partial charge in [0, 0.05) is 11.0 Å². The van der Waals surface area contributed by atoms with Crippen molar-refractivity contribution in [3.8, 4) is 0 Å². The molecule has 1 unspecified atom stereocenters. The monoisotopic (exact) mass is 208 g/mol. The Morgan fingerprint density at radius 3 is 2.73 bits per heavy atom. The Morgan fingerprint density at radius 2 is 2.18 bits per heavy atom. The first-order chi connectivity index (χ1) is 5.31. The highest BCUT2D eigenvalue weighted by molar-refractivity contribution is 8.77. The lowest BCUT2D eigenvalue weighted by molar-refractivity contribution is 0.912. The molecule has 0 saturated carbocycles. The molecule has 66 valence electrons. The molecule has 0 aliphatic heterocycles. The summed E-state index contributed by atoms with van der Waals surface area (Å²) in [5, 5.41) is 2.94. The van der Waals surface area contributed by atoms with Crippen molar-refractivity contribution in [2.24, 2.45) is 0 Å². The van der Waals surface area contributed by atoms with Gasteiger partial charge in [-0.05, 0) is 18.1 Å². The quantitative estimate of drug-likeness (QED) is 0.477. The average Bonchev–Trinajstić information content (AvgIpc) is 2.04. The van der Waals surface area contributed by atoms with Gasteiger partial charge in [-0.3, -0.25) is 0 Å². The van der Waals surface area contributed by atoms with Crippen molar-refractivity contribution in [2.45, 2.75) is 25.5 Å². The molecule has 0 spiro atoms. The van der Waals surface area contributed by atoms with Crippen LogP contribution in [0, 0.1) is 0 Å². The van der Waals surface area contributed by atoms with E-state index in [0.29, 0.717) is 0 Å². The second-order valence-electron chi connectivity index (χ2n) is 2.21. The molecule has 0 aromatic rings. The third-order valence-electron chi connectivity index (χ3n) is 1.20. The van der Waals surface area contributed by atoms with E-state index < -0.39 is 0 Å². The second kappa shape index (κ2) is 8.88. The Hall–Kier alpha value is 0.790. The summed E-state index contributed by atoms with van der Waals surface area (Å²) in [4.78, 5) is 0. The van der Waals surface area contributed by atoms with E-state index in [9.17, 15) is 0 Å². The Bertz CT molecular complexity index is 102. The van der Waals surface area contributed by atoms with Crippen LogP contribution < -0.4 is 0 Å². The van der Waals surface area contributed by atoms with Gasteiger partial charge in [-0.1, -0.05) is 41.5 Å². The lowest BCUT2D eigenvalue weighted by Gasteiger charge is -2.04. The Labute approximate surface area is 82.4 Å². The smallest absolute Gasteiger partial charge is 0.0225 e. The summed E-state index contributed by atoms with van der Waals surface area (Å²) in [5.41, 5.74) is 0. The molecular formula is C8H16S3. The fourth-order valence-electron chi connectivity index (χ4n) is 0.398. The van der Waals surface area contributed by atoms with E-state index in [-0.39, 0.29) is 0 Å². The highest BCUT2D eigenvalue weighted by Crippen LogP contribution is 2.28. The zero-order valence-electron chi connectivity index (χ0n) is 7.37. The van der Waals surface area contributed by atoms with Gasteiger partial charge in [-0.15, -0.1) is 11.8 Å². The van der Waals surface area contributed by atoms with Crippen LogP contribution in [0.15, 0.2) is 11.5 Å². The normalized spacial score (nSPS) is 14.1. The first-order valence-corrected chi connectivity index (χ1v) is 7.44. The summed E-state index contributed by atoms with van der Waals surface area (Å²) >= 11 is 1.76. The zero-order chi connectivity index (χ0) is 8.53. The van der Waals surface area contributed by atoms with Crippen LogP contribution in [0.4, 0.5) is 0 Å². The minimum absolute atomic E-state index is 0.794. The summed E-state index contributed by atoms with van der Waals surface area (Å²) in [6.07, 6.45) is 5.57. The molecule has 0 radical (unpaired) electrons. The standard InChI is InChI=1S/C8H16S3/c1-4-8(2)11-10-7-5-6-9-3/h5-6,8H,4,7H2,1-3H3. The Kier molecular flexibility index (Phi) is 9.52. The number of thioether (sulfide) groups is 1. The van der Waals surface area contributed by atoms with Gasteiger partial charge in [0.15, 0.2) is 0 Å². The molecule has 0 aliphatic rings. The first-order valence-electron chi connectivity index (χ1n) is 3.77. The van der Waals surface area contributed by atoms with E-state index in [1.807, 2.05) is 21.6 Å². The highest BCUT2D eigenvalue weighted by Gasteiger charge is 1.96. The summed E-state index contributed by atoms with van der Waals surface area (Å²) in [5.74, 6) is 1.13. The van der Waals surface area contributed by atoms with Crippen LogP contribution >= 0.6 is 33.3 Å². The molecule has 0 heterocycles. The van der Waals surface area contributed by atoms with Crippen LogP contribution in [0.3, 0.4) is 0 Å². The van der Waals surface area contributed by atoms with Gasteiger partial charge in [0.1, 0.15) is 0 Å². The van der Waals surface area contributed by atoms with Crippen LogP contribution in [0.25, 0.3) is 0 Å². The van der Waals surface area contributed by atoms with Crippen LogP contribution in [0.1, 0.15) is 20.3 Å². The molecule has 0 rings (SSSR count). The van der Waals surface area contributed by atoms with Crippen LogP contribution in [-0.2, 0) is 0 Å². The van der Waals surface area contributed by atoms with Crippen molar-refractivity contribution < 1.29 is 0 Å². The van der Waals surface area contributed by atoms with Crippen molar-refractivity contribution >= 4 is 33.3 Å². The van der Waals surface area contributed by atoms with Gasteiger partial charge in [-0.2, -0.15) is 0 Å². The SMILES string of the molecule is CCC(C)SSCC=CSC. The van der Waals surface area contributed by atoms with E-state index in [1.165, 1.54) is 6.42 Å². The Balaban J connectivity index is 3.07. The molecule has 0 bridgehead atoms. The average molecular weight is 208 g/mol. The minimum atomic E-state index is 0.794. The number of rotatable bonds is 6. The fraction of sp³-hybridized carbons (Fsp3) is 0.750. The van der Waals surface area contributed by atoms with Crippen LogP contribution in [0.5, 0.6) is 0 Å². The van der Waals surface area contributed by atoms with E-state index in [0.717, 1.165) is 11.0 Å². The third-order valence-corrected chi connectivity index (χ3v) is 4.60. The maximum absolute atomic E-state index is 2.27. The molecule has 0 nitrogen and oxygen atoms in total. The fourth-order valence-corrected chi connectivity index (χ4v) is 3.01.